The molecule has 0 radical (unpaired) electrons. The zero-order valence-electron chi connectivity index (χ0n) is 16.5. The van der Waals surface area contributed by atoms with Crippen molar-refractivity contribution in [2.75, 3.05) is 27.2 Å². The van der Waals surface area contributed by atoms with Gasteiger partial charge in [0.1, 0.15) is 0 Å². The van der Waals surface area contributed by atoms with E-state index in [1.807, 2.05) is 31.3 Å². The Morgan fingerprint density at radius 2 is 1.96 bits per heavy atom. The SMILES string of the molecule is CCCCNC(=O)c1ccc(CNC(=NC)N(C)CCc2cccs2)cc1. The van der Waals surface area contributed by atoms with E-state index in [1.54, 1.807) is 18.4 Å². The molecule has 1 heterocycles. The molecule has 1 aromatic heterocycles. The molecule has 2 rings (SSSR count). The van der Waals surface area contributed by atoms with Crippen LogP contribution < -0.4 is 10.6 Å². The first kappa shape index (κ1) is 21.0. The molecule has 0 aliphatic rings. The predicted octanol–water partition coefficient (Wildman–Crippen LogP) is 3.53. The number of aliphatic imine (C=N–C) groups is 1. The molecule has 0 aliphatic heterocycles. The van der Waals surface area contributed by atoms with Gasteiger partial charge in [-0.2, -0.15) is 0 Å². The lowest BCUT2D eigenvalue weighted by atomic mass is 10.1. The third-order valence-corrected chi connectivity index (χ3v) is 5.27. The predicted molar refractivity (Wildman–Crippen MR) is 115 cm³/mol. The van der Waals surface area contributed by atoms with Gasteiger partial charge in [0, 0.05) is 44.2 Å². The molecule has 5 nitrogen and oxygen atoms in total. The molecule has 1 amide bonds. The average molecular weight is 387 g/mol. The first-order valence-corrected chi connectivity index (χ1v) is 10.3. The molecule has 1 aromatic carbocycles. The largest absolute Gasteiger partial charge is 0.352 e. The minimum absolute atomic E-state index is 0.00733. The lowest BCUT2D eigenvalue weighted by Crippen LogP contribution is -2.39. The standard InChI is InChI=1S/C21H30N4OS/c1-4-5-13-23-20(26)18-10-8-17(9-11-18)16-24-21(22-2)25(3)14-12-19-7-6-15-27-19/h6-11,15H,4-5,12-14,16H2,1-3H3,(H,22,24)(H,23,26). The van der Waals surface area contributed by atoms with E-state index in [1.165, 1.54) is 4.88 Å². The number of benzene rings is 1. The van der Waals surface area contributed by atoms with Crippen molar-refractivity contribution in [1.29, 1.82) is 0 Å². The van der Waals surface area contributed by atoms with Gasteiger partial charge in [0.25, 0.3) is 5.91 Å². The number of likely N-dealkylation sites (N-methyl/N-ethyl adjacent to an activating group) is 1. The van der Waals surface area contributed by atoms with Gasteiger partial charge < -0.3 is 15.5 Å². The van der Waals surface area contributed by atoms with E-state index in [0.29, 0.717) is 12.1 Å². The molecule has 0 spiro atoms. The summed E-state index contributed by atoms with van der Waals surface area (Å²) in [6.07, 6.45) is 3.09. The number of carbonyl (C=O) groups excluding carboxylic acids is 1. The van der Waals surface area contributed by atoms with Gasteiger partial charge in [-0.05, 0) is 42.0 Å². The topological polar surface area (TPSA) is 56.7 Å². The summed E-state index contributed by atoms with van der Waals surface area (Å²) in [6.45, 7) is 4.43. The molecule has 0 fully saturated rings. The molecule has 0 atom stereocenters. The Labute approximate surface area is 166 Å². The highest BCUT2D eigenvalue weighted by Crippen LogP contribution is 2.09. The second-order valence-corrected chi connectivity index (χ2v) is 7.49. The minimum atomic E-state index is -0.00733. The third-order valence-electron chi connectivity index (χ3n) is 4.33. The molecule has 2 aromatic rings. The fourth-order valence-electron chi connectivity index (χ4n) is 2.66. The van der Waals surface area contributed by atoms with E-state index < -0.39 is 0 Å². The van der Waals surface area contributed by atoms with Crippen molar-refractivity contribution in [2.45, 2.75) is 32.7 Å². The van der Waals surface area contributed by atoms with Crippen molar-refractivity contribution in [1.82, 2.24) is 15.5 Å². The van der Waals surface area contributed by atoms with Crippen LogP contribution >= 0.6 is 11.3 Å². The number of carbonyl (C=O) groups is 1. The van der Waals surface area contributed by atoms with Crippen molar-refractivity contribution >= 4 is 23.2 Å². The van der Waals surface area contributed by atoms with E-state index in [-0.39, 0.29) is 5.91 Å². The Kier molecular flexibility index (Phi) is 8.84. The second kappa shape index (κ2) is 11.4. The summed E-state index contributed by atoms with van der Waals surface area (Å²) in [4.78, 5) is 19.9. The van der Waals surface area contributed by atoms with E-state index in [9.17, 15) is 4.79 Å². The monoisotopic (exact) mass is 386 g/mol. The van der Waals surface area contributed by atoms with Crippen LogP contribution in [0, 0.1) is 0 Å². The lowest BCUT2D eigenvalue weighted by molar-refractivity contribution is 0.0953. The van der Waals surface area contributed by atoms with Gasteiger partial charge in [0.2, 0.25) is 0 Å². The van der Waals surface area contributed by atoms with Crippen LogP contribution in [0.5, 0.6) is 0 Å². The number of unbranched alkanes of at least 4 members (excludes halogenated alkanes) is 1. The second-order valence-electron chi connectivity index (χ2n) is 6.46. The van der Waals surface area contributed by atoms with Crippen LogP contribution in [0.1, 0.15) is 40.6 Å². The normalized spacial score (nSPS) is 11.3. The minimum Gasteiger partial charge on any atom is -0.352 e. The van der Waals surface area contributed by atoms with Crippen LogP contribution in [0.15, 0.2) is 46.8 Å². The number of hydrogen-bond acceptors (Lipinski definition) is 3. The average Bonchev–Trinajstić information content (AvgIpc) is 3.21. The van der Waals surface area contributed by atoms with Gasteiger partial charge in [0.05, 0.1) is 0 Å². The third kappa shape index (κ3) is 7.06. The summed E-state index contributed by atoms with van der Waals surface area (Å²) in [5.41, 5.74) is 1.82. The number of thiophene rings is 1. The van der Waals surface area contributed by atoms with Gasteiger partial charge in [-0.25, -0.2) is 0 Å². The van der Waals surface area contributed by atoms with Crippen molar-refractivity contribution in [3.05, 3.63) is 57.8 Å². The number of hydrogen-bond donors (Lipinski definition) is 2. The summed E-state index contributed by atoms with van der Waals surface area (Å²) < 4.78 is 0. The van der Waals surface area contributed by atoms with Gasteiger partial charge in [-0.15, -0.1) is 11.3 Å². The van der Waals surface area contributed by atoms with Crippen LogP contribution in [-0.2, 0) is 13.0 Å². The maximum atomic E-state index is 12.1. The molecule has 6 heteroatoms. The molecule has 0 saturated heterocycles. The summed E-state index contributed by atoms with van der Waals surface area (Å²) in [7, 11) is 3.85. The van der Waals surface area contributed by atoms with Gasteiger partial charge in [0.15, 0.2) is 5.96 Å². The first-order chi connectivity index (χ1) is 13.1. The molecular weight excluding hydrogens is 356 g/mol. The van der Waals surface area contributed by atoms with Crippen LogP contribution in [0.25, 0.3) is 0 Å². The Bertz CT molecular complexity index is 710. The van der Waals surface area contributed by atoms with Crippen LogP contribution in [0.2, 0.25) is 0 Å². The Morgan fingerprint density at radius 3 is 2.59 bits per heavy atom. The molecule has 2 N–H and O–H groups in total. The number of guanidine groups is 1. The molecule has 27 heavy (non-hydrogen) atoms. The maximum absolute atomic E-state index is 12.1. The number of amides is 1. The van der Waals surface area contributed by atoms with Crippen molar-refractivity contribution in [3.63, 3.8) is 0 Å². The Morgan fingerprint density at radius 1 is 1.19 bits per heavy atom. The Hall–Kier alpha value is -2.34. The zero-order chi connectivity index (χ0) is 19.5. The molecule has 146 valence electrons. The van der Waals surface area contributed by atoms with Crippen molar-refractivity contribution in [3.8, 4) is 0 Å². The summed E-state index contributed by atoms with van der Waals surface area (Å²) in [6, 6.07) is 12.0. The van der Waals surface area contributed by atoms with E-state index in [0.717, 1.165) is 43.9 Å². The molecule has 0 bridgehead atoms. The maximum Gasteiger partial charge on any atom is 0.251 e. The fraction of sp³-hybridized carbons (Fsp3) is 0.429. The highest BCUT2D eigenvalue weighted by Gasteiger charge is 2.08. The van der Waals surface area contributed by atoms with E-state index in [4.69, 9.17) is 0 Å². The van der Waals surface area contributed by atoms with Crippen LogP contribution in [0.4, 0.5) is 0 Å². The fourth-order valence-corrected chi connectivity index (χ4v) is 3.36. The Balaban J connectivity index is 1.80. The summed E-state index contributed by atoms with van der Waals surface area (Å²) >= 11 is 1.78. The van der Waals surface area contributed by atoms with E-state index >= 15 is 0 Å². The van der Waals surface area contributed by atoms with Crippen molar-refractivity contribution in [2.24, 2.45) is 4.99 Å². The van der Waals surface area contributed by atoms with Gasteiger partial charge in [-0.1, -0.05) is 31.5 Å². The van der Waals surface area contributed by atoms with Gasteiger partial charge in [-0.3, -0.25) is 9.79 Å². The molecule has 0 saturated carbocycles. The summed E-state index contributed by atoms with van der Waals surface area (Å²) in [5, 5.41) is 8.43. The number of rotatable bonds is 9. The van der Waals surface area contributed by atoms with Gasteiger partial charge >= 0.3 is 0 Å². The highest BCUT2D eigenvalue weighted by atomic mass is 32.1. The van der Waals surface area contributed by atoms with Crippen LogP contribution in [-0.4, -0.2) is 44.0 Å². The smallest absolute Gasteiger partial charge is 0.251 e. The molecule has 0 unspecified atom stereocenters. The van der Waals surface area contributed by atoms with Crippen molar-refractivity contribution < 1.29 is 4.79 Å². The quantitative estimate of drug-likeness (QED) is 0.394. The first-order valence-electron chi connectivity index (χ1n) is 9.45. The number of nitrogens with one attached hydrogen (secondary N) is 2. The lowest BCUT2D eigenvalue weighted by Gasteiger charge is -2.22. The van der Waals surface area contributed by atoms with E-state index in [2.05, 4.69) is 45.0 Å². The highest BCUT2D eigenvalue weighted by molar-refractivity contribution is 7.09. The zero-order valence-corrected chi connectivity index (χ0v) is 17.3. The number of nitrogens with zero attached hydrogens (tertiary/aromatic N) is 2. The molecule has 0 aliphatic carbocycles. The van der Waals surface area contributed by atoms with Crippen LogP contribution in [0.3, 0.4) is 0 Å². The molecular formula is C21H30N4OS. The summed E-state index contributed by atoms with van der Waals surface area (Å²) in [5.74, 6) is 0.861.